The van der Waals surface area contributed by atoms with E-state index in [-0.39, 0.29) is 12.1 Å². The van der Waals surface area contributed by atoms with Crippen molar-refractivity contribution in [1.29, 1.82) is 5.26 Å². The van der Waals surface area contributed by atoms with Crippen molar-refractivity contribution in [3.63, 3.8) is 0 Å². The first-order chi connectivity index (χ1) is 8.07. The standard InChI is InChI=1S/C14H20N2O/c1-4-14(2,3)16-11-12-5-7-13(8-6-12)17-10-9-15/h5-8,16H,4,10-11H2,1-3H3. The first kappa shape index (κ1) is 13.5. The summed E-state index contributed by atoms with van der Waals surface area (Å²) in [7, 11) is 0. The van der Waals surface area contributed by atoms with Crippen LogP contribution in [0.1, 0.15) is 32.8 Å². The molecule has 0 atom stereocenters. The molecule has 0 aliphatic heterocycles. The second kappa shape index (κ2) is 6.27. The maximum atomic E-state index is 8.40. The Kier molecular flexibility index (Phi) is 4.99. The summed E-state index contributed by atoms with van der Waals surface area (Å²) in [6, 6.07) is 9.78. The molecule has 3 heteroatoms. The second-order valence-electron chi connectivity index (χ2n) is 4.68. The number of benzene rings is 1. The fourth-order valence-corrected chi connectivity index (χ4v) is 1.29. The summed E-state index contributed by atoms with van der Waals surface area (Å²) in [4.78, 5) is 0. The van der Waals surface area contributed by atoms with Crippen LogP contribution in [0.15, 0.2) is 24.3 Å². The summed E-state index contributed by atoms with van der Waals surface area (Å²) >= 11 is 0. The largest absolute Gasteiger partial charge is 0.479 e. The fraction of sp³-hybridized carbons (Fsp3) is 0.500. The SMILES string of the molecule is CCC(C)(C)NCc1ccc(OCC#N)cc1. The van der Waals surface area contributed by atoms with Gasteiger partial charge in [-0.3, -0.25) is 0 Å². The molecule has 1 N–H and O–H groups in total. The Labute approximate surface area is 103 Å². The number of nitrogens with one attached hydrogen (secondary N) is 1. The summed E-state index contributed by atoms with van der Waals surface area (Å²) < 4.78 is 5.20. The maximum absolute atomic E-state index is 8.40. The Morgan fingerprint density at radius 1 is 1.29 bits per heavy atom. The summed E-state index contributed by atoms with van der Waals surface area (Å²) in [5.41, 5.74) is 1.38. The predicted octanol–water partition coefficient (Wildman–Crippen LogP) is 2.87. The Morgan fingerprint density at radius 2 is 1.94 bits per heavy atom. The van der Waals surface area contributed by atoms with Crippen LogP contribution in [-0.2, 0) is 6.54 Å². The molecule has 92 valence electrons. The van der Waals surface area contributed by atoms with Gasteiger partial charge in [0.15, 0.2) is 6.61 Å². The van der Waals surface area contributed by atoms with Gasteiger partial charge in [0.2, 0.25) is 0 Å². The van der Waals surface area contributed by atoms with Crippen molar-refractivity contribution in [3.05, 3.63) is 29.8 Å². The highest BCUT2D eigenvalue weighted by molar-refractivity contribution is 5.27. The van der Waals surface area contributed by atoms with Crippen LogP contribution in [0.2, 0.25) is 0 Å². The third kappa shape index (κ3) is 4.88. The van der Waals surface area contributed by atoms with E-state index < -0.39 is 0 Å². The van der Waals surface area contributed by atoms with Gasteiger partial charge in [0.1, 0.15) is 11.8 Å². The zero-order valence-electron chi connectivity index (χ0n) is 10.8. The summed E-state index contributed by atoms with van der Waals surface area (Å²) in [6.07, 6.45) is 1.09. The van der Waals surface area contributed by atoms with E-state index in [2.05, 4.69) is 26.1 Å². The predicted molar refractivity (Wildman–Crippen MR) is 68.8 cm³/mol. The van der Waals surface area contributed by atoms with Crippen LogP contribution in [0.3, 0.4) is 0 Å². The molecule has 3 nitrogen and oxygen atoms in total. The smallest absolute Gasteiger partial charge is 0.174 e. The van der Waals surface area contributed by atoms with Gasteiger partial charge in [-0.25, -0.2) is 0 Å². The first-order valence-corrected chi connectivity index (χ1v) is 5.91. The van der Waals surface area contributed by atoms with Gasteiger partial charge in [0, 0.05) is 12.1 Å². The molecule has 0 amide bonds. The lowest BCUT2D eigenvalue weighted by Crippen LogP contribution is -2.37. The van der Waals surface area contributed by atoms with Gasteiger partial charge in [0.25, 0.3) is 0 Å². The minimum Gasteiger partial charge on any atom is -0.479 e. The molecule has 0 saturated carbocycles. The Morgan fingerprint density at radius 3 is 2.47 bits per heavy atom. The lowest BCUT2D eigenvalue weighted by molar-refractivity contribution is 0.366. The number of nitrogens with zero attached hydrogens (tertiary/aromatic N) is 1. The highest BCUT2D eigenvalue weighted by Gasteiger charge is 2.12. The second-order valence-corrected chi connectivity index (χ2v) is 4.68. The van der Waals surface area contributed by atoms with Gasteiger partial charge in [-0.05, 0) is 38.0 Å². The molecule has 1 aromatic carbocycles. The topological polar surface area (TPSA) is 45.0 Å². The van der Waals surface area contributed by atoms with E-state index in [0.29, 0.717) is 0 Å². The average Bonchev–Trinajstić information content (AvgIpc) is 2.35. The van der Waals surface area contributed by atoms with Crippen LogP contribution in [0.5, 0.6) is 5.75 Å². The van der Waals surface area contributed by atoms with Crippen LogP contribution in [0.25, 0.3) is 0 Å². The van der Waals surface area contributed by atoms with Gasteiger partial charge in [0.05, 0.1) is 0 Å². The average molecular weight is 232 g/mol. The molecule has 0 spiro atoms. The minimum atomic E-state index is 0.0977. The number of rotatable bonds is 6. The normalized spacial score (nSPS) is 10.9. The monoisotopic (exact) mass is 232 g/mol. The van der Waals surface area contributed by atoms with Gasteiger partial charge in [-0.2, -0.15) is 5.26 Å². The van der Waals surface area contributed by atoms with E-state index >= 15 is 0 Å². The Bertz CT molecular complexity index is 376. The van der Waals surface area contributed by atoms with Gasteiger partial charge in [-0.1, -0.05) is 19.1 Å². The molecule has 0 unspecified atom stereocenters. The number of hydrogen-bond donors (Lipinski definition) is 1. The van der Waals surface area contributed by atoms with Crippen LogP contribution >= 0.6 is 0 Å². The van der Waals surface area contributed by atoms with Crippen LogP contribution in [0.4, 0.5) is 0 Å². The fourth-order valence-electron chi connectivity index (χ4n) is 1.29. The van der Waals surface area contributed by atoms with Crippen molar-refractivity contribution >= 4 is 0 Å². The third-order valence-electron chi connectivity index (χ3n) is 2.88. The Hall–Kier alpha value is -1.53. The molecular formula is C14H20N2O. The van der Waals surface area contributed by atoms with E-state index in [9.17, 15) is 0 Å². The molecule has 0 radical (unpaired) electrons. The molecule has 1 rings (SSSR count). The van der Waals surface area contributed by atoms with E-state index in [1.807, 2.05) is 30.3 Å². The lowest BCUT2D eigenvalue weighted by atomic mass is 10.0. The highest BCUT2D eigenvalue weighted by atomic mass is 16.5. The molecular weight excluding hydrogens is 212 g/mol. The summed E-state index contributed by atoms with van der Waals surface area (Å²) in [5.74, 6) is 0.741. The third-order valence-corrected chi connectivity index (χ3v) is 2.88. The lowest BCUT2D eigenvalue weighted by Gasteiger charge is -2.24. The van der Waals surface area contributed by atoms with Crippen molar-refractivity contribution < 1.29 is 4.74 Å². The summed E-state index contributed by atoms with van der Waals surface area (Å²) in [6.45, 7) is 7.50. The minimum absolute atomic E-state index is 0.0977. The van der Waals surface area contributed by atoms with Crippen LogP contribution in [-0.4, -0.2) is 12.1 Å². The molecule has 0 saturated heterocycles. The van der Waals surface area contributed by atoms with Crippen molar-refractivity contribution in [1.82, 2.24) is 5.32 Å². The molecule has 17 heavy (non-hydrogen) atoms. The van der Waals surface area contributed by atoms with E-state index in [1.54, 1.807) is 0 Å². The summed E-state index contributed by atoms with van der Waals surface area (Å²) in [5, 5.41) is 11.9. The van der Waals surface area contributed by atoms with Crippen molar-refractivity contribution in [3.8, 4) is 11.8 Å². The molecule has 0 heterocycles. The quantitative estimate of drug-likeness (QED) is 0.820. The van der Waals surface area contributed by atoms with Crippen molar-refractivity contribution in [2.24, 2.45) is 0 Å². The van der Waals surface area contributed by atoms with Gasteiger partial charge in [-0.15, -0.1) is 0 Å². The van der Waals surface area contributed by atoms with Crippen LogP contribution in [0, 0.1) is 11.3 Å². The highest BCUT2D eigenvalue weighted by Crippen LogP contribution is 2.13. The zero-order valence-corrected chi connectivity index (χ0v) is 10.8. The number of ether oxygens (including phenoxy) is 1. The van der Waals surface area contributed by atoms with Gasteiger partial charge >= 0.3 is 0 Å². The molecule has 0 aliphatic carbocycles. The van der Waals surface area contributed by atoms with E-state index in [1.165, 1.54) is 5.56 Å². The Balaban J connectivity index is 2.49. The van der Waals surface area contributed by atoms with Crippen LogP contribution < -0.4 is 10.1 Å². The van der Waals surface area contributed by atoms with Crippen molar-refractivity contribution in [2.75, 3.05) is 6.61 Å². The van der Waals surface area contributed by atoms with Crippen molar-refractivity contribution in [2.45, 2.75) is 39.3 Å². The molecule has 0 fully saturated rings. The van der Waals surface area contributed by atoms with E-state index in [0.717, 1.165) is 18.7 Å². The zero-order chi connectivity index (χ0) is 12.7. The maximum Gasteiger partial charge on any atom is 0.174 e. The number of nitriles is 1. The first-order valence-electron chi connectivity index (χ1n) is 5.91. The molecule has 1 aromatic rings. The number of hydrogen-bond acceptors (Lipinski definition) is 3. The molecule has 0 aliphatic rings. The van der Waals surface area contributed by atoms with E-state index in [4.69, 9.17) is 10.00 Å². The van der Waals surface area contributed by atoms with Gasteiger partial charge < -0.3 is 10.1 Å². The molecule has 0 bridgehead atoms. The molecule has 0 aromatic heterocycles.